The molecule has 0 aliphatic rings. The number of rotatable bonds is 8. The van der Waals surface area contributed by atoms with Gasteiger partial charge in [0, 0.05) is 19.6 Å². The molecular weight excluding hydrogens is 222 g/mol. The normalized spacial score (nSPS) is 12.2. The van der Waals surface area contributed by atoms with Crippen LogP contribution >= 0.6 is 0 Å². The predicted molar refractivity (Wildman–Crippen MR) is 66.0 cm³/mol. The maximum atomic E-state index is 11.3. The molecule has 0 aromatic heterocycles. The third-order valence-electron chi connectivity index (χ3n) is 2.60. The zero-order chi connectivity index (χ0) is 13.3. The molecule has 0 radical (unpaired) electrons. The Hall–Kier alpha value is -1.30. The Morgan fingerprint density at radius 1 is 1.24 bits per heavy atom. The van der Waals surface area contributed by atoms with Crippen molar-refractivity contribution in [1.82, 2.24) is 15.5 Å². The smallest absolute Gasteiger partial charge is 0.314 e. The zero-order valence-corrected chi connectivity index (χ0v) is 10.8. The number of carbonyl (C=O) groups is 2. The first kappa shape index (κ1) is 15.7. The van der Waals surface area contributed by atoms with Gasteiger partial charge in [0.1, 0.15) is 0 Å². The van der Waals surface area contributed by atoms with Gasteiger partial charge in [0.05, 0.1) is 5.92 Å². The van der Waals surface area contributed by atoms with E-state index >= 15 is 0 Å². The molecule has 6 nitrogen and oxygen atoms in total. The van der Waals surface area contributed by atoms with Gasteiger partial charge >= 0.3 is 12.0 Å². The number of likely N-dealkylation sites (N-methyl/N-ethyl adjacent to an activating group) is 1. The van der Waals surface area contributed by atoms with Crippen LogP contribution in [-0.2, 0) is 4.79 Å². The van der Waals surface area contributed by atoms with Crippen LogP contribution in [0.1, 0.15) is 20.8 Å². The molecule has 6 heteroatoms. The van der Waals surface area contributed by atoms with Gasteiger partial charge in [0.25, 0.3) is 0 Å². The van der Waals surface area contributed by atoms with Crippen LogP contribution < -0.4 is 10.6 Å². The summed E-state index contributed by atoms with van der Waals surface area (Å²) in [5, 5.41) is 13.8. The summed E-state index contributed by atoms with van der Waals surface area (Å²) in [6.45, 7) is 9.11. The average Bonchev–Trinajstić information content (AvgIpc) is 2.31. The number of urea groups is 1. The molecule has 0 saturated heterocycles. The lowest BCUT2D eigenvalue weighted by molar-refractivity contribution is -0.140. The van der Waals surface area contributed by atoms with Gasteiger partial charge in [0.2, 0.25) is 0 Å². The summed E-state index contributed by atoms with van der Waals surface area (Å²) >= 11 is 0. The van der Waals surface area contributed by atoms with E-state index in [1.807, 2.05) is 0 Å². The Labute approximate surface area is 102 Å². The van der Waals surface area contributed by atoms with Gasteiger partial charge in [-0.3, -0.25) is 4.79 Å². The van der Waals surface area contributed by atoms with Gasteiger partial charge in [0.15, 0.2) is 0 Å². The SMILES string of the molecule is CCN(CC)CCNC(=O)NCC(C)C(=O)O. The first-order valence-corrected chi connectivity index (χ1v) is 5.98. The van der Waals surface area contributed by atoms with Gasteiger partial charge in [-0.2, -0.15) is 0 Å². The number of nitrogens with one attached hydrogen (secondary N) is 2. The van der Waals surface area contributed by atoms with Crippen LogP contribution in [0.4, 0.5) is 4.79 Å². The Morgan fingerprint density at radius 2 is 1.82 bits per heavy atom. The van der Waals surface area contributed by atoms with E-state index in [0.29, 0.717) is 6.54 Å². The van der Waals surface area contributed by atoms with Crippen molar-refractivity contribution in [3.8, 4) is 0 Å². The minimum absolute atomic E-state index is 0.145. The highest BCUT2D eigenvalue weighted by Crippen LogP contribution is 1.90. The van der Waals surface area contributed by atoms with E-state index in [1.54, 1.807) is 6.92 Å². The lowest BCUT2D eigenvalue weighted by Gasteiger charge is -2.18. The third kappa shape index (κ3) is 7.57. The highest BCUT2D eigenvalue weighted by atomic mass is 16.4. The first-order valence-electron chi connectivity index (χ1n) is 5.98. The molecule has 1 unspecified atom stereocenters. The topological polar surface area (TPSA) is 81.7 Å². The molecule has 0 fully saturated rings. The Morgan fingerprint density at radius 3 is 2.29 bits per heavy atom. The summed E-state index contributed by atoms with van der Waals surface area (Å²) in [4.78, 5) is 24.0. The Bertz CT molecular complexity index is 242. The fourth-order valence-corrected chi connectivity index (χ4v) is 1.26. The molecule has 3 N–H and O–H groups in total. The van der Waals surface area contributed by atoms with Crippen molar-refractivity contribution in [2.75, 3.05) is 32.7 Å². The van der Waals surface area contributed by atoms with Crippen molar-refractivity contribution in [3.63, 3.8) is 0 Å². The maximum absolute atomic E-state index is 11.3. The largest absolute Gasteiger partial charge is 0.481 e. The summed E-state index contributed by atoms with van der Waals surface area (Å²) in [5.74, 6) is -1.48. The Balaban J connectivity index is 3.63. The van der Waals surface area contributed by atoms with Crippen molar-refractivity contribution in [2.45, 2.75) is 20.8 Å². The molecule has 17 heavy (non-hydrogen) atoms. The predicted octanol–water partition coefficient (Wildman–Crippen LogP) is 0.348. The number of nitrogens with zero attached hydrogens (tertiary/aromatic N) is 1. The lowest BCUT2D eigenvalue weighted by Crippen LogP contribution is -2.42. The zero-order valence-electron chi connectivity index (χ0n) is 10.8. The van der Waals surface area contributed by atoms with Crippen LogP contribution in [0.5, 0.6) is 0 Å². The molecule has 0 spiro atoms. The number of carbonyl (C=O) groups excluding carboxylic acids is 1. The molecule has 0 rings (SSSR count). The standard InChI is InChI=1S/C11H23N3O3/c1-4-14(5-2)7-6-12-11(17)13-8-9(3)10(15)16/h9H,4-8H2,1-3H3,(H,15,16)(H2,12,13,17). The first-order chi connectivity index (χ1) is 8.01. The van der Waals surface area contributed by atoms with Crippen molar-refractivity contribution >= 4 is 12.0 Å². The molecule has 0 heterocycles. The molecule has 100 valence electrons. The molecule has 0 aliphatic heterocycles. The second kappa shape index (κ2) is 8.81. The fraction of sp³-hybridized carbons (Fsp3) is 0.818. The van der Waals surface area contributed by atoms with E-state index in [1.165, 1.54) is 0 Å². The van der Waals surface area contributed by atoms with Crippen molar-refractivity contribution in [2.24, 2.45) is 5.92 Å². The average molecular weight is 245 g/mol. The second-order valence-electron chi connectivity index (χ2n) is 3.90. The highest BCUT2D eigenvalue weighted by molar-refractivity contribution is 5.75. The van der Waals surface area contributed by atoms with E-state index in [4.69, 9.17) is 5.11 Å². The Kier molecular flexibility index (Phi) is 8.13. The molecule has 0 aromatic carbocycles. The summed E-state index contributed by atoms with van der Waals surface area (Å²) < 4.78 is 0. The van der Waals surface area contributed by atoms with Crippen LogP contribution in [0.25, 0.3) is 0 Å². The van der Waals surface area contributed by atoms with Crippen molar-refractivity contribution in [1.29, 1.82) is 0 Å². The van der Waals surface area contributed by atoms with Gasteiger partial charge in [-0.15, -0.1) is 0 Å². The van der Waals surface area contributed by atoms with Gasteiger partial charge in [-0.1, -0.05) is 20.8 Å². The number of amides is 2. The fourth-order valence-electron chi connectivity index (χ4n) is 1.26. The van der Waals surface area contributed by atoms with Gasteiger partial charge in [-0.25, -0.2) is 4.79 Å². The van der Waals surface area contributed by atoms with E-state index in [9.17, 15) is 9.59 Å². The highest BCUT2D eigenvalue weighted by Gasteiger charge is 2.11. The number of hydrogen-bond donors (Lipinski definition) is 3. The molecule has 0 aliphatic carbocycles. The van der Waals surface area contributed by atoms with Gasteiger partial charge < -0.3 is 20.6 Å². The second-order valence-corrected chi connectivity index (χ2v) is 3.90. The summed E-state index contributed by atoms with van der Waals surface area (Å²) in [6, 6.07) is -0.315. The van der Waals surface area contributed by atoms with E-state index < -0.39 is 11.9 Å². The minimum atomic E-state index is -0.909. The van der Waals surface area contributed by atoms with Crippen LogP contribution in [0.2, 0.25) is 0 Å². The quantitative estimate of drug-likeness (QED) is 0.576. The van der Waals surface area contributed by atoms with Crippen LogP contribution in [-0.4, -0.2) is 54.7 Å². The minimum Gasteiger partial charge on any atom is -0.481 e. The monoisotopic (exact) mass is 245 g/mol. The maximum Gasteiger partial charge on any atom is 0.314 e. The number of hydrogen-bond acceptors (Lipinski definition) is 3. The summed E-state index contributed by atoms with van der Waals surface area (Å²) in [6.07, 6.45) is 0. The lowest BCUT2D eigenvalue weighted by atomic mass is 10.2. The van der Waals surface area contributed by atoms with E-state index in [2.05, 4.69) is 29.4 Å². The molecule has 0 aromatic rings. The number of aliphatic carboxylic acids is 1. The van der Waals surface area contributed by atoms with E-state index in [0.717, 1.165) is 19.6 Å². The summed E-state index contributed by atoms with van der Waals surface area (Å²) in [7, 11) is 0. The summed E-state index contributed by atoms with van der Waals surface area (Å²) in [5.41, 5.74) is 0. The van der Waals surface area contributed by atoms with E-state index in [-0.39, 0.29) is 12.6 Å². The number of carboxylic acid groups (broad SMARTS) is 1. The van der Waals surface area contributed by atoms with Gasteiger partial charge in [-0.05, 0) is 13.1 Å². The van der Waals surface area contributed by atoms with Crippen LogP contribution in [0.15, 0.2) is 0 Å². The van der Waals surface area contributed by atoms with Crippen LogP contribution in [0, 0.1) is 5.92 Å². The molecule has 0 bridgehead atoms. The number of carboxylic acids is 1. The molecule has 0 saturated carbocycles. The molecule has 2 amide bonds. The molecule has 1 atom stereocenters. The van der Waals surface area contributed by atoms with Crippen molar-refractivity contribution in [3.05, 3.63) is 0 Å². The third-order valence-corrected chi connectivity index (χ3v) is 2.60. The molecular formula is C11H23N3O3. The van der Waals surface area contributed by atoms with Crippen molar-refractivity contribution < 1.29 is 14.7 Å². The van der Waals surface area contributed by atoms with Crippen LogP contribution in [0.3, 0.4) is 0 Å².